The highest BCUT2D eigenvalue weighted by Crippen LogP contribution is 2.16. The Morgan fingerprint density at radius 2 is 2.17 bits per heavy atom. The maximum atomic E-state index is 11.9. The van der Waals surface area contributed by atoms with Crippen LogP contribution in [0.5, 0.6) is 0 Å². The average Bonchev–Trinajstić information content (AvgIpc) is 3.19. The van der Waals surface area contributed by atoms with Gasteiger partial charge in [0.25, 0.3) is 5.91 Å². The molecule has 3 heterocycles. The molecule has 0 aliphatic heterocycles. The van der Waals surface area contributed by atoms with Crippen LogP contribution in [0, 0.1) is 13.8 Å². The minimum absolute atomic E-state index is 0.133. The van der Waals surface area contributed by atoms with Gasteiger partial charge in [-0.05, 0) is 44.0 Å². The minimum Gasteiger partial charge on any atom is -0.472 e. The number of aryl methyl sites for hydroxylation is 1. The van der Waals surface area contributed by atoms with Gasteiger partial charge in [-0.15, -0.1) is 0 Å². The molecule has 1 amide bonds. The predicted molar refractivity (Wildman–Crippen MR) is 85.6 cm³/mol. The molecule has 23 heavy (non-hydrogen) atoms. The van der Waals surface area contributed by atoms with Gasteiger partial charge in [0, 0.05) is 18.4 Å². The fraction of sp³-hybridized carbons (Fsp3) is 0.235. The van der Waals surface area contributed by atoms with Crippen LogP contribution < -0.4 is 5.32 Å². The summed E-state index contributed by atoms with van der Waals surface area (Å²) in [5, 5.41) is 7.44. The van der Waals surface area contributed by atoms with Crippen molar-refractivity contribution in [2.45, 2.75) is 20.3 Å². The number of hydrogen-bond acceptors (Lipinski definition) is 4. The lowest BCUT2D eigenvalue weighted by molar-refractivity contribution is 0.0953. The second-order valence-electron chi connectivity index (χ2n) is 5.27. The molecule has 0 atom stereocenters. The number of nitrogens with zero attached hydrogens (tertiary/aromatic N) is 3. The van der Waals surface area contributed by atoms with Gasteiger partial charge in [-0.1, -0.05) is 6.07 Å². The van der Waals surface area contributed by atoms with E-state index in [-0.39, 0.29) is 5.91 Å². The van der Waals surface area contributed by atoms with E-state index in [9.17, 15) is 4.79 Å². The number of rotatable bonds is 5. The summed E-state index contributed by atoms with van der Waals surface area (Å²) < 4.78 is 6.75. The lowest BCUT2D eigenvalue weighted by Crippen LogP contribution is -2.25. The fourth-order valence-corrected chi connectivity index (χ4v) is 2.54. The first-order valence-corrected chi connectivity index (χ1v) is 7.43. The predicted octanol–water partition coefficient (Wildman–Crippen LogP) is 2.45. The summed E-state index contributed by atoms with van der Waals surface area (Å²) in [6.07, 6.45) is 5.38. The molecule has 0 radical (unpaired) electrons. The topological polar surface area (TPSA) is 73.0 Å². The molecule has 1 N–H and O–H groups in total. The van der Waals surface area contributed by atoms with E-state index in [0.717, 1.165) is 22.8 Å². The molecule has 0 aromatic carbocycles. The Hall–Kier alpha value is -2.89. The molecule has 0 aliphatic carbocycles. The van der Waals surface area contributed by atoms with E-state index < -0.39 is 0 Å². The molecular weight excluding hydrogens is 292 g/mol. The van der Waals surface area contributed by atoms with Gasteiger partial charge < -0.3 is 9.73 Å². The molecule has 3 aromatic rings. The number of aromatic nitrogens is 3. The zero-order valence-corrected chi connectivity index (χ0v) is 13.1. The van der Waals surface area contributed by atoms with Crippen LogP contribution in [0.2, 0.25) is 0 Å². The lowest BCUT2D eigenvalue weighted by Gasteiger charge is -2.05. The summed E-state index contributed by atoms with van der Waals surface area (Å²) in [6, 6.07) is 7.37. The first kappa shape index (κ1) is 15.0. The largest absolute Gasteiger partial charge is 0.472 e. The van der Waals surface area contributed by atoms with Gasteiger partial charge in [-0.25, -0.2) is 9.67 Å². The van der Waals surface area contributed by atoms with Crippen molar-refractivity contribution < 1.29 is 9.21 Å². The zero-order chi connectivity index (χ0) is 16.2. The van der Waals surface area contributed by atoms with E-state index in [2.05, 4.69) is 15.4 Å². The van der Waals surface area contributed by atoms with Crippen LogP contribution in [-0.4, -0.2) is 27.2 Å². The maximum Gasteiger partial charge on any atom is 0.254 e. The van der Waals surface area contributed by atoms with Crippen molar-refractivity contribution in [2.75, 3.05) is 6.54 Å². The van der Waals surface area contributed by atoms with Crippen LogP contribution in [0.15, 0.2) is 47.4 Å². The summed E-state index contributed by atoms with van der Waals surface area (Å²) in [4.78, 5) is 16.2. The van der Waals surface area contributed by atoms with Gasteiger partial charge in [0.2, 0.25) is 0 Å². The number of furan rings is 1. The maximum absolute atomic E-state index is 11.9. The van der Waals surface area contributed by atoms with Gasteiger partial charge in [-0.2, -0.15) is 5.10 Å². The van der Waals surface area contributed by atoms with Crippen LogP contribution in [-0.2, 0) is 6.42 Å². The quantitative estimate of drug-likeness (QED) is 0.785. The van der Waals surface area contributed by atoms with Gasteiger partial charge in [0.1, 0.15) is 6.26 Å². The number of pyridine rings is 1. The van der Waals surface area contributed by atoms with Crippen LogP contribution in [0.4, 0.5) is 0 Å². The molecule has 118 valence electrons. The van der Waals surface area contributed by atoms with Crippen LogP contribution >= 0.6 is 0 Å². The molecule has 0 unspecified atom stereocenters. The highest BCUT2D eigenvalue weighted by molar-refractivity contribution is 5.93. The van der Waals surface area contributed by atoms with Gasteiger partial charge in [-0.3, -0.25) is 4.79 Å². The zero-order valence-electron chi connectivity index (χ0n) is 13.1. The van der Waals surface area contributed by atoms with Crippen LogP contribution in [0.1, 0.15) is 27.3 Å². The molecule has 0 saturated carbocycles. The number of amides is 1. The number of carbonyl (C=O) groups excluding carboxylic acids is 1. The second kappa shape index (κ2) is 6.48. The number of carbonyl (C=O) groups is 1. The highest BCUT2D eigenvalue weighted by Gasteiger charge is 2.14. The molecule has 3 rings (SSSR count). The van der Waals surface area contributed by atoms with Crippen molar-refractivity contribution in [3.63, 3.8) is 0 Å². The molecule has 0 fully saturated rings. The van der Waals surface area contributed by atoms with E-state index in [1.54, 1.807) is 12.3 Å². The number of nitrogens with one attached hydrogen (secondary N) is 1. The smallest absolute Gasteiger partial charge is 0.254 e. The third kappa shape index (κ3) is 3.15. The third-order valence-corrected chi connectivity index (χ3v) is 3.75. The van der Waals surface area contributed by atoms with Gasteiger partial charge >= 0.3 is 0 Å². The second-order valence-corrected chi connectivity index (χ2v) is 5.27. The van der Waals surface area contributed by atoms with Crippen molar-refractivity contribution >= 4 is 5.91 Å². The van der Waals surface area contributed by atoms with Gasteiger partial charge in [0.05, 0.1) is 17.5 Å². The molecule has 0 saturated heterocycles. The van der Waals surface area contributed by atoms with E-state index in [0.29, 0.717) is 18.5 Å². The summed E-state index contributed by atoms with van der Waals surface area (Å²) in [5.41, 5.74) is 3.65. The number of hydrogen-bond donors (Lipinski definition) is 1. The molecule has 3 aromatic heterocycles. The monoisotopic (exact) mass is 310 g/mol. The molecular formula is C17H18N4O2. The van der Waals surface area contributed by atoms with Crippen LogP contribution in [0.3, 0.4) is 0 Å². The van der Waals surface area contributed by atoms with E-state index >= 15 is 0 Å². The van der Waals surface area contributed by atoms with Crippen molar-refractivity contribution in [1.29, 1.82) is 0 Å². The summed E-state index contributed by atoms with van der Waals surface area (Å²) in [7, 11) is 0. The molecule has 0 aliphatic rings. The third-order valence-electron chi connectivity index (χ3n) is 3.75. The molecule has 0 spiro atoms. The average molecular weight is 310 g/mol. The van der Waals surface area contributed by atoms with Crippen molar-refractivity contribution in [1.82, 2.24) is 20.1 Å². The summed E-state index contributed by atoms with van der Waals surface area (Å²) in [5.74, 6) is 0.660. The fourth-order valence-electron chi connectivity index (χ4n) is 2.54. The SMILES string of the molecule is Cc1nn(-c2ccccn2)c(C)c1CCNC(=O)c1ccoc1. The highest BCUT2D eigenvalue weighted by atomic mass is 16.3. The first-order valence-electron chi connectivity index (χ1n) is 7.43. The van der Waals surface area contributed by atoms with E-state index in [1.165, 1.54) is 12.5 Å². The Morgan fingerprint density at radius 1 is 1.30 bits per heavy atom. The minimum atomic E-state index is -0.133. The first-order chi connectivity index (χ1) is 11.2. The van der Waals surface area contributed by atoms with Crippen molar-refractivity contribution in [3.05, 3.63) is 65.5 Å². The summed E-state index contributed by atoms with van der Waals surface area (Å²) in [6.45, 7) is 4.53. The Bertz CT molecular complexity index is 792. The Labute approximate surface area is 134 Å². The molecule has 6 nitrogen and oxygen atoms in total. The Morgan fingerprint density at radius 3 is 2.87 bits per heavy atom. The van der Waals surface area contributed by atoms with E-state index in [4.69, 9.17) is 4.42 Å². The van der Waals surface area contributed by atoms with Gasteiger partial charge in [0.15, 0.2) is 5.82 Å². The lowest BCUT2D eigenvalue weighted by atomic mass is 10.1. The Balaban J connectivity index is 1.69. The normalized spacial score (nSPS) is 10.7. The van der Waals surface area contributed by atoms with Crippen LogP contribution in [0.25, 0.3) is 5.82 Å². The molecule has 0 bridgehead atoms. The van der Waals surface area contributed by atoms with Crippen molar-refractivity contribution in [3.8, 4) is 5.82 Å². The molecule has 6 heteroatoms. The summed E-state index contributed by atoms with van der Waals surface area (Å²) >= 11 is 0. The van der Waals surface area contributed by atoms with Crippen molar-refractivity contribution in [2.24, 2.45) is 0 Å². The Kier molecular flexibility index (Phi) is 4.23. The standard InChI is InChI=1S/C17H18N4O2/c1-12-15(6-9-19-17(22)14-7-10-23-11-14)13(2)21(20-12)16-5-3-4-8-18-16/h3-5,7-8,10-11H,6,9H2,1-2H3,(H,19,22). The van der Waals surface area contributed by atoms with E-state index in [1.807, 2.05) is 36.7 Å².